The highest BCUT2D eigenvalue weighted by Crippen LogP contribution is 1.92. The fourth-order valence-corrected chi connectivity index (χ4v) is 0.847. The molecule has 0 saturated carbocycles. The van der Waals surface area contributed by atoms with Gasteiger partial charge in [-0.1, -0.05) is 0 Å². The molecule has 1 heterocycles. The summed E-state index contributed by atoms with van der Waals surface area (Å²) in [6, 6.07) is 0. The van der Waals surface area contributed by atoms with Gasteiger partial charge >= 0.3 is 0 Å². The van der Waals surface area contributed by atoms with E-state index in [9.17, 15) is 0 Å². The van der Waals surface area contributed by atoms with Crippen molar-refractivity contribution in [2.45, 2.75) is 12.6 Å². The molecule has 0 unspecified atom stereocenters. The molecule has 1 aliphatic heterocycles. The van der Waals surface area contributed by atoms with Crippen molar-refractivity contribution in [3.8, 4) is 0 Å². The average Bonchev–Trinajstić information content (AvgIpc) is 1.65. The third-order valence-electron chi connectivity index (χ3n) is 1.32. The van der Waals surface area contributed by atoms with Gasteiger partial charge in [0.1, 0.15) is 0 Å². The molecular weight excluding hydrogens is 102 g/mol. The Morgan fingerprint density at radius 2 is 2.25 bits per heavy atom. The zero-order valence-corrected chi connectivity index (χ0v) is 5.20. The number of hydrogen-bond acceptors (Lipinski definition) is 3. The summed E-state index contributed by atoms with van der Waals surface area (Å²) in [5.74, 6) is 0. The zero-order valence-electron chi connectivity index (χ0n) is 5.20. The summed E-state index contributed by atoms with van der Waals surface area (Å²) < 4.78 is 0. The Bertz CT molecular complexity index is 71.7. The molecule has 1 rings (SSSR count). The lowest BCUT2D eigenvalue weighted by atomic mass is 10.2. The van der Waals surface area contributed by atoms with Crippen LogP contribution < -0.4 is 16.4 Å². The second-order valence-electron chi connectivity index (χ2n) is 2.52. The summed E-state index contributed by atoms with van der Waals surface area (Å²) >= 11 is 0. The van der Waals surface area contributed by atoms with Crippen LogP contribution in [0, 0.1) is 0 Å². The summed E-state index contributed by atoms with van der Waals surface area (Å²) in [6.45, 7) is 4.87. The Morgan fingerprint density at radius 1 is 1.50 bits per heavy atom. The third kappa shape index (κ3) is 1.43. The number of hydrogen-bond donors (Lipinski definition) is 3. The molecule has 4 N–H and O–H groups in total. The van der Waals surface area contributed by atoms with Gasteiger partial charge in [0.05, 0.1) is 5.66 Å². The predicted molar refractivity (Wildman–Crippen MR) is 33.5 cm³/mol. The Kier molecular flexibility index (Phi) is 1.51. The van der Waals surface area contributed by atoms with Crippen molar-refractivity contribution in [3.63, 3.8) is 0 Å². The first kappa shape index (κ1) is 6.01. The molecule has 0 aromatic rings. The molecule has 0 amide bonds. The fourth-order valence-electron chi connectivity index (χ4n) is 0.847. The van der Waals surface area contributed by atoms with Gasteiger partial charge < -0.3 is 11.1 Å². The molecule has 3 heteroatoms. The third-order valence-corrected chi connectivity index (χ3v) is 1.32. The van der Waals surface area contributed by atoms with Crippen LogP contribution in [0.5, 0.6) is 0 Å². The van der Waals surface area contributed by atoms with Crippen molar-refractivity contribution in [2.24, 2.45) is 5.73 Å². The standard InChI is InChI=1S/C5H13N3/c1-5(6)4-7-2-3-8-5/h7-8H,2-4,6H2,1H3/t5-/m1/s1. The first-order valence-corrected chi connectivity index (χ1v) is 2.95. The minimum Gasteiger partial charge on any atom is -0.312 e. The van der Waals surface area contributed by atoms with E-state index in [1.54, 1.807) is 0 Å². The summed E-state index contributed by atoms with van der Waals surface area (Å²) in [5.41, 5.74) is 5.52. The second-order valence-corrected chi connectivity index (χ2v) is 2.52. The molecule has 48 valence electrons. The summed E-state index contributed by atoms with van der Waals surface area (Å²) in [5, 5.41) is 6.36. The number of piperazine rings is 1. The molecule has 0 bridgehead atoms. The van der Waals surface area contributed by atoms with E-state index < -0.39 is 0 Å². The quantitative estimate of drug-likeness (QED) is 0.374. The highest BCUT2D eigenvalue weighted by Gasteiger charge is 2.19. The lowest BCUT2D eigenvalue weighted by Gasteiger charge is -2.31. The van der Waals surface area contributed by atoms with Crippen molar-refractivity contribution in [1.29, 1.82) is 0 Å². The zero-order chi connectivity index (χ0) is 6.04. The van der Waals surface area contributed by atoms with E-state index in [1.165, 1.54) is 0 Å². The summed E-state index contributed by atoms with van der Waals surface area (Å²) in [7, 11) is 0. The van der Waals surface area contributed by atoms with Gasteiger partial charge in [0.2, 0.25) is 0 Å². The van der Waals surface area contributed by atoms with Gasteiger partial charge in [-0.2, -0.15) is 0 Å². The molecule has 1 saturated heterocycles. The van der Waals surface area contributed by atoms with Crippen LogP contribution >= 0.6 is 0 Å². The van der Waals surface area contributed by atoms with E-state index in [0.717, 1.165) is 19.6 Å². The fraction of sp³-hybridized carbons (Fsp3) is 1.00. The molecule has 0 spiro atoms. The van der Waals surface area contributed by atoms with Gasteiger partial charge in [0.25, 0.3) is 0 Å². The van der Waals surface area contributed by atoms with Crippen LogP contribution in [0.25, 0.3) is 0 Å². The van der Waals surface area contributed by atoms with E-state index in [-0.39, 0.29) is 5.66 Å². The minimum atomic E-state index is -0.182. The van der Waals surface area contributed by atoms with Gasteiger partial charge in [-0.25, -0.2) is 0 Å². The van der Waals surface area contributed by atoms with Crippen LogP contribution in [0.2, 0.25) is 0 Å². The first-order chi connectivity index (χ1) is 3.71. The van der Waals surface area contributed by atoms with Crippen molar-refractivity contribution >= 4 is 0 Å². The Labute approximate surface area is 49.6 Å². The van der Waals surface area contributed by atoms with Crippen LogP contribution in [0.3, 0.4) is 0 Å². The van der Waals surface area contributed by atoms with Gasteiger partial charge in [0.15, 0.2) is 0 Å². The topological polar surface area (TPSA) is 50.1 Å². The number of nitrogens with one attached hydrogen (secondary N) is 2. The normalized spacial score (nSPS) is 39.8. The van der Waals surface area contributed by atoms with Crippen molar-refractivity contribution in [3.05, 3.63) is 0 Å². The molecule has 1 fully saturated rings. The van der Waals surface area contributed by atoms with Crippen LogP contribution in [0.1, 0.15) is 6.92 Å². The maximum atomic E-state index is 5.70. The second kappa shape index (κ2) is 2.01. The molecule has 1 aliphatic rings. The molecular formula is C5H13N3. The van der Waals surface area contributed by atoms with Crippen molar-refractivity contribution < 1.29 is 0 Å². The maximum Gasteiger partial charge on any atom is 0.0761 e. The maximum absolute atomic E-state index is 5.70. The average molecular weight is 115 g/mol. The summed E-state index contributed by atoms with van der Waals surface area (Å²) in [4.78, 5) is 0. The van der Waals surface area contributed by atoms with Crippen LogP contribution in [-0.2, 0) is 0 Å². The molecule has 3 nitrogen and oxygen atoms in total. The van der Waals surface area contributed by atoms with E-state index in [1.807, 2.05) is 6.92 Å². The summed E-state index contributed by atoms with van der Waals surface area (Å²) in [6.07, 6.45) is 0. The van der Waals surface area contributed by atoms with Gasteiger partial charge in [-0.05, 0) is 6.92 Å². The Balaban J connectivity index is 2.33. The van der Waals surface area contributed by atoms with E-state index in [4.69, 9.17) is 5.73 Å². The van der Waals surface area contributed by atoms with E-state index in [2.05, 4.69) is 10.6 Å². The van der Waals surface area contributed by atoms with Crippen LogP contribution in [-0.4, -0.2) is 25.3 Å². The van der Waals surface area contributed by atoms with Gasteiger partial charge in [-0.15, -0.1) is 0 Å². The Hall–Kier alpha value is -0.120. The highest BCUT2D eigenvalue weighted by atomic mass is 15.2. The molecule has 0 aliphatic carbocycles. The smallest absolute Gasteiger partial charge is 0.0761 e. The van der Waals surface area contributed by atoms with E-state index >= 15 is 0 Å². The molecule has 8 heavy (non-hydrogen) atoms. The molecule has 0 aromatic carbocycles. The lowest BCUT2D eigenvalue weighted by Crippen LogP contribution is -2.62. The number of nitrogens with two attached hydrogens (primary N) is 1. The minimum absolute atomic E-state index is 0.182. The lowest BCUT2D eigenvalue weighted by molar-refractivity contribution is 0.306. The van der Waals surface area contributed by atoms with Gasteiger partial charge in [0, 0.05) is 19.6 Å². The molecule has 0 aromatic heterocycles. The molecule has 1 atom stereocenters. The predicted octanol–water partition coefficient (Wildman–Crippen LogP) is -1.15. The first-order valence-electron chi connectivity index (χ1n) is 2.95. The van der Waals surface area contributed by atoms with Crippen molar-refractivity contribution in [1.82, 2.24) is 10.6 Å². The molecule has 0 radical (unpaired) electrons. The highest BCUT2D eigenvalue weighted by molar-refractivity contribution is 4.82. The number of rotatable bonds is 0. The van der Waals surface area contributed by atoms with Gasteiger partial charge in [-0.3, -0.25) is 5.32 Å². The van der Waals surface area contributed by atoms with Crippen LogP contribution in [0.4, 0.5) is 0 Å². The largest absolute Gasteiger partial charge is 0.312 e. The van der Waals surface area contributed by atoms with Crippen molar-refractivity contribution in [2.75, 3.05) is 19.6 Å². The van der Waals surface area contributed by atoms with Crippen LogP contribution in [0.15, 0.2) is 0 Å². The van der Waals surface area contributed by atoms with E-state index in [0.29, 0.717) is 0 Å². The monoisotopic (exact) mass is 115 g/mol. The SMILES string of the molecule is C[C@]1(N)CNCCN1. The Morgan fingerprint density at radius 3 is 2.50 bits per heavy atom.